The lowest BCUT2D eigenvalue weighted by atomic mass is 10.1. The third-order valence-corrected chi connectivity index (χ3v) is 5.09. The van der Waals surface area contributed by atoms with Gasteiger partial charge in [-0.15, -0.1) is 24.0 Å². The van der Waals surface area contributed by atoms with Crippen molar-refractivity contribution in [3.05, 3.63) is 60.1 Å². The highest BCUT2D eigenvalue weighted by Crippen LogP contribution is 2.21. The van der Waals surface area contributed by atoms with Gasteiger partial charge in [-0.25, -0.2) is 15.0 Å². The van der Waals surface area contributed by atoms with E-state index in [1.165, 1.54) is 0 Å². The number of nitrogens with zero attached hydrogens (tertiary/aromatic N) is 7. The smallest absolute Gasteiger partial charge is 0.194 e. The fourth-order valence-corrected chi connectivity index (χ4v) is 3.51. The van der Waals surface area contributed by atoms with Crippen molar-refractivity contribution in [2.24, 2.45) is 12.0 Å². The van der Waals surface area contributed by atoms with E-state index in [4.69, 9.17) is 9.73 Å². The van der Waals surface area contributed by atoms with Gasteiger partial charge in [0.05, 0.1) is 25.9 Å². The standard InChI is InChI=1S/C21H28N8O.HI/c1-4-22-21(28-9-10-30-19(15-28)18-13-26-27(3)14-18)25-12-17-5-6-20(24-11-17)29-8-7-23-16(29)2;/h5-8,11,13-14,19H,4,9-10,12,15H2,1-3H3,(H,22,25);1H. The monoisotopic (exact) mass is 536 g/mol. The van der Waals surface area contributed by atoms with Crippen molar-refractivity contribution in [3.63, 3.8) is 0 Å². The van der Waals surface area contributed by atoms with Crippen LogP contribution < -0.4 is 5.32 Å². The van der Waals surface area contributed by atoms with Gasteiger partial charge in [0.25, 0.3) is 0 Å². The van der Waals surface area contributed by atoms with Gasteiger partial charge in [0.1, 0.15) is 17.7 Å². The molecule has 0 aliphatic carbocycles. The first-order valence-corrected chi connectivity index (χ1v) is 10.2. The van der Waals surface area contributed by atoms with Crippen LogP contribution in [0.4, 0.5) is 0 Å². The molecule has 0 aromatic carbocycles. The van der Waals surface area contributed by atoms with Crippen LogP contribution in [-0.2, 0) is 18.3 Å². The molecule has 1 fully saturated rings. The highest BCUT2D eigenvalue weighted by molar-refractivity contribution is 14.0. The fourth-order valence-electron chi connectivity index (χ4n) is 3.51. The van der Waals surface area contributed by atoms with E-state index in [-0.39, 0.29) is 30.1 Å². The van der Waals surface area contributed by atoms with E-state index in [0.717, 1.165) is 48.4 Å². The molecule has 1 saturated heterocycles. The number of aromatic nitrogens is 5. The molecule has 1 unspecified atom stereocenters. The molecule has 0 amide bonds. The number of guanidine groups is 1. The summed E-state index contributed by atoms with van der Waals surface area (Å²) in [6.07, 6.45) is 9.44. The Morgan fingerprint density at radius 2 is 2.16 bits per heavy atom. The van der Waals surface area contributed by atoms with Crippen molar-refractivity contribution in [1.82, 2.24) is 34.5 Å². The molecule has 1 atom stereocenters. The Balaban J connectivity index is 0.00000272. The molecule has 3 aromatic rings. The Morgan fingerprint density at radius 1 is 1.29 bits per heavy atom. The van der Waals surface area contributed by atoms with E-state index in [2.05, 4.69) is 38.3 Å². The molecular formula is C21H29IN8O. The molecule has 1 N–H and O–H groups in total. The summed E-state index contributed by atoms with van der Waals surface area (Å²) in [5.41, 5.74) is 2.15. The average Bonchev–Trinajstić information content (AvgIpc) is 3.40. The van der Waals surface area contributed by atoms with Crippen LogP contribution in [-0.4, -0.2) is 61.4 Å². The molecule has 3 aromatic heterocycles. The zero-order valence-corrected chi connectivity index (χ0v) is 20.4. The lowest BCUT2D eigenvalue weighted by Gasteiger charge is -2.34. The molecule has 1 aliphatic heterocycles. The summed E-state index contributed by atoms with van der Waals surface area (Å²) < 4.78 is 9.73. The van der Waals surface area contributed by atoms with E-state index in [1.54, 1.807) is 10.9 Å². The summed E-state index contributed by atoms with van der Waals surface area (Å²) in [7, 11) is 1.92. The normalized spacial score (nSPS) is 16.8. The van der Waals surface area contributed by atoms with Gasteiger partial charge in [0.2, 0.25) is 0 Å². The molecule has 31 heavy (non-hydrogen) atoms. The maximum absolute atomic E-state index is 5.96. The third kappa shape index (κ3) is 5.62. The maximum Gasteiger partial charge on any atom is 0.194 e. The van der Waals surface area contributed by atoms with Crippen molar-refractivity contribution in [2.45, 2.75) is 26.5 Å². The molecule has 0 spiro atoms. The Labute approximate surface area is 199 Å². The molecule has 0 saturated carbocycles. The zero-order valence-electron chi connectivity index (χ0n) is 18.1. The Kier molecular flexibility index (Phi) is 8.02. The molecular weight excluding hydrogens is 507 g/mol. The summed E-state index contributed by atoms with van der Waals surface area (Å²) in [4.78, 5) is 15.9. The summed E-state index contributed by atoms with van der Waals surface area (Å²) in [6, 6.07) is 4.06. The summed E-state index contributed by atoms with van der Waals surface area (Å²) in [5, 5.41) is 7.67. The Hall–Kier alpha value is -2.47. The maximum atomic E-state index is 5.96. The van der Waals surface area contributed by atoms with E-state index in [1.807, 2.05) is 49.4 Å². The van der Waals surface area contributed by atoms with Crippen LogP contribution in [0, 0.1) is 6.92 Å². The van der Waals surface area contributed by atoms with Crippen molar-refractivity contribution in [1.29, 1.82) is 0 Å². The van der Waals surface area contributed by atoms with Crippen molar-refractivity contribution < 1.29 is 4.74 Å². The second-order valence-corrected chi connectivity index (χ2v) is 7.29. The van der Waals surface area contributed by atoms with Gasteiger partial charge in [0.15, 0.2) is 5.96 Å². The summed E-state index contributed by atoms with van der Waals surface area (Å²) >= 11 is 0. The number of morpholine rings is 1. The van der Waals surface area contributed by atoms with Gasteiger partial charge in [-0.1, -0.05) is 6.07 Å². The third-order valence-electron chi connectivity index (χ3n) is 5.09. The zero-order chi connectivity index (χ0) is 20.9. The number of aliphatic imine (C=N–C) groups is 1. The highest BCUT2D eigenvalue weighted by atomic mass is 127. The topological polar surface area (TPSA) is 85.4 Å². The van der Waals surface area contributed by atoms with Gasteiger partial charge in [0, 0.05) is 50.5 Å². The van der Waals surface area contributed by atoms with Crippen LogP contribution in [0.1, 0.15) is 30.0 Å². The molecule has 10 heteroatoms. The predicted octanol–water partition coefficient (Wildman–Crippen LogP) is 2.47. The van der Waals surface area contributed by atoms with Crippen LogP contribution in [0.25, 0.3) is 5.82 Å². The molecule has 0 bridgehead atoms. The van der Waals surface area contributed by atoms with E-state index in [9.17, 15) is 0 Å². The fraction of sp³-hybridized carbons (Fsp3) is 0.429. The minimum atomic E-state index is -0.00400. The average molecular weight is 536 g/mol. The molecule has 4 heterocycles. The Morgan fingerprint density at radius 3 is 2.81 bits per heavy atom. The van der Waals surface area contributed by atoms with Crippen LogP contribution in [0.3, 0.4) is 0 Å². The van der Waals surface area contributed by atoms with Crippen LogP contribution in [0.2, 0.25) is 0 Å². The van der Waals surface area contributed by atoms with Crippen molar-refractivity contribution in [3.8, 4) is 5.82 Å². The number of ether oxygens (including phenoxy) is 1. The van der Waals surface area contributed by atoms with Crippen LogP contribution in [0.5, 0.6) is 0 Å². The minimum Gasteiger partial charge on any atom is -0.370 e. The largest absolute Gasteiger partial charge is 0.370 e. The molecule has 166 valence electrons. The van der Waals surface area contributed by atoms with E-state index >= 15 is 0 Å². The number of pyridine rings is 1. The van der Waals surface area contributed by atoms with E-state index in [0.29, 0.717) is 13.2 Å². The minimum absolute atomic E-state index is 0. The van der Waals surface area contributed by atoms with Gasteiger partial charge < -0.3 is 15.0 Å². The Bertz CT molecular complexity index is 997. The summed E-state index contributed by atoms with van der Waals surface area (Å²) in [5.74, 6) is 2.67. The van der Waals surface area contributed by atoms with Crippen molar-refractivity contribution in [2.75, 3.05) is 26.2 Å². The van der Waals surface area contributed by atoms with Gasteiger partial charge in [-0.05, 0) is 25.5 Å². The number of hydrogen-bond acceptors (Lipinski definition) is 5. The number of hydrogen-bond donors (Lipinski definition) is 1. The van der Waals surface area contributed by atoms with Crippen LogP contribution in [0.15, 0.2) is 48.1 Å². The second-order valence-electron chi connectivity index (χ2n) is 7.29. The number of rotatable bonds is 5. The second kappa shape index (κ2) is 10.7. The van der Waals surface area contributed by atoms with Gasteiger partial charge in [-0.3, -0.25) is 9.25 Å². The van der Waals surface area contributed by atoms with E-state index < -0.39 is 0 Å². The first-order chi connectivity index (χ1) is 14.6. The first-order valence-electron chi connectivity index (χ1n) is 10.2. The lowest BCUT2D eigenvalue weighted by Crippen LogP contribution is -2.48. The number of imidazole rings is 1. The first kappa shape index (κ1) is 23.2. The number of halogens is 1. The number of nitrogens with one attached hydrogen (secondary N) is 1. The molecule has 9 nitrogen and oxygen atoms in total. The SMILES string of the molecule is CCNC(=NCc1ccc(-n2ccnc2C)nc1)N1CCOC(c2cnn(C)c2)C1.I. The highest BCUT2D eigenvalue weighted by Gasteiger charge is 2.25. The molecule has 4 rings (SSSR count). The predicted molar refractivity (Wildman–Crippen MR) is 130 cm³/mol. The molecule has 1 aliphatic rings. The lowest BCUT2D eigenvalue weighted by molar-refractivity contribution is -0.00805. The van der Waals surface area contributed by atoms with Gasteiger partial charge in [-0.2, -0.15) is 5.10 Å². The molecule has 0 radical (unpaired) electrons. The number of aryl methyl sites for hydroxylation is 2. The van der Waals surface area contributed by atoms with Crippen LogP contribution >= 0.6 is 24.0 Å². The van der Waals surface area contributed by atoms with Crippen molar-refractivity contribution >= 4 is 29.9 Å². The summed E-state index contributed by atoms with van der Waals surface area (Å²) in [6.45, 7) is 7.62. The van der Waals surface area contributed by atoms with Gasteiger partial charge >= 0.3 is 0 Å². The quantitative estimate of drug-likeness (QED) is 0.307.